The lowest BCUT2D eigenvalue weighted by molar-refractivity contribution is -0.145. The van der Waals surface area contributed by atoms with Gasteiger partial charge < -0.3 is 69.5 Å². The van der Waals surface area contributed by atoms with Crippen LogP contribution in [-0.2, 0) is 78.9 Å². The third kappa shape index (κ3) is 34.4. The number of fused-ring (bicyclic) bond motifs is 8. The van der Waals surface area contributed by atoms with Gasteiger partial charge in [-0.2, -0.15) is 0 Å². The number of esters is 3. The van der Waals surface area contributed by atoms with Gasteiger partial charge in [-0.3, -0.25) is 28.9 Å². The minimum Gasteiger partial charge on any atom is -0.465 e. The molecular weight excluding hydrogens is 1710 g/mol. The Kier molecular flexibility index (Phi) is 50.0. The molecule has 0 aromatic carbocycles. The van der Waals surface area contributed by atoms with Crippen LogP contribution in [0.4, 0.5) is 0 Å². The van der Waals surface area contributed by atoms with Gasteiger partial charge in [0.2, 0.25) is 31.4 Å². The minimum atomic E-state index is -2.63. The van der Waals surface area contributed by atoms with Crippen LogP contribution in [0.15, 0.2) is 0 Å². The molecule has 2 aliphatic heterocycles. The summed E-state index contributed by atoms with van der Waals surface area (Å²) in [7, 11) is -0.289. The first-order chi connectivity index (χ1) is 62.5. The van der Waals surface area contributed by atoms with Crippen molar-refractivity contribution < 1.29 is 78.9 Å². The maximum atomic E-state index is 13.7. The summed E-state index contributed by atoms with van der Waals surface area (Å²) in [5.41, 5.74) is 0.493. The van der Waals surface area contributed by atoms with Gasteiger partial charge in [0, 0.05) is 113 Å². The van der Waals surface area contributed by atoms with E-state index in [1.54, 1.807) is 0 Å². The highest BCUT2D eigenvalue weighted by Crippen LogP contribution is 2.63. The van der Waals surface area contributed by atoms with E-state index < -0.39 is 40.1 Å². The van der Waals surface area contributed by atoms with Crippen molar-refractivity contribution in [3.8, 4) is 35.5 Å². The number of hydrogen-bond acceptors (Lipinski definition) is 20. The Hall–Kier alpha value is -4.21. The first kappa shape index (κ1) is 111. The fraction of sp³-hybridized carbons (Fsp3) is 0.861. The van der Waals surface area contributed by atoms with Crippen LogP contribution in [0.1, 0.15) is 317 Å². The molecule has 5 saturated carbocycles. The van der Waals surface area contributed by atoms with Gasteiger partial charge in [0.15, 0.2) is 0 Å². The average Bonchev–Trinajstić information content (AvgIpc) is 1.53. The molecule has 29 heteroatoms. The van der Waals surface area contributed by atoms with Crippen molar-refractivity contribution in [2.45, 2.75) is 388 Å². The van der Waals surface area contributed by atoms with Crippen molar-refractivity contribution in [2.24, 2.45) is 82.9 Å². The van der Waals surface area contributed by atoms with Crippen LogP contribution in [0.5, 0.6) is 0 Å². The molecule has 0 aromatic rings. The fourth-order valence-corrected chi connectivity index (χ4v) is 30.4. The summed E-state index contributed by atoms with van der Waals surface area (Å²) in [6.45, 7) is 63.7. The molecule has 21 atom stereocenters. The summed E-state index contributed by atoms with van der Waals surface area (Å²) in [6, 6.07) is 1.03. The number of hydrogen-bond donors (Lipinski definition) is 0. The largest absolute Gasteiger partial charge is 0.465 e. The van der Waals surface area contributed by atoms with Crippen molar-refractivity contribution in [1.29, 1.82) is 0 Å². The number of nitrogens with zero attached hydrogens (tertiary/aromatic N) is 7. The normalized spacial score (nSPS) is 27.5. The second-order valence-electron chi connectivity index (χ2n) is 40.1. The molecule has 10 aliphatic rings. The van der Waals surface area contributed by atoms with Crippen LogP contribution in [0.25, 0.3) is 14.5 Å². The van der Waals surface area contributed by atoms with E-state index in [1.165, 1.54) is 17.7 Å². The molecule has 2 radical (unpaired) electrons. The van der Waals surface area contributed by atoms with Crippen LogP contribution in [0.2, 0.25) is 11.1 Å². The monoisotopic (exact) mass is 1880 g/mol. The molecule has 0 N–H and O–H groups in total. The topological polar surface area (TPSA) is 222 Å². The Labute approximate surface area is 791 Å². The number of rotatable bonds is 58. The molecule has 2 amide bonds. The zero-order valence-corrected chi connectivity index (χ0v) is 86.3. The Balaban J connectivity index is 0.000000245. The average molecular weight is 1880 g/mol. The van der Waals surface area contributed by atoms with E-state index in [9.17, 15) is 24.0 Å². The molecule has 13 unspecified atom stereocenters. The molecule has 10 rings (SSSR count). The van der Waals surface area contributed by atoms with Gasteiger partial charge in [-0.1, -0.05) is 86.0 Å². The Morgan fingerprint density at radius 1 is 0.431 bits per heavy atom. The highest BCUT2D eigenvalue weighted by molar-refractivity contribution is 7.45. The second kappa shape index (κ2) is 58.5. The Morgan fingerprint density at radius 3 is 1.15 bits per heavy atom. The van der Waals surface area contributed by atoms with Gasteiger partial charge >= 0.3 is 26.5 Å². The first-order valence-electron chi connectivity index (χ1n) is 50.5. The van der Waals surface area contributed by atoms with Gasteiger partial charge in [-0.25, -0.2) is 33.7 Å². The summed E-state index contributed by atoms with van der Waals surface area (Å²) in [5, 5.41) is 0. The Morgan fingerprint density at radius 2 is 0.769 bits per heavy atom. The van der Waals surface area contributed by atoms with E-state index in [2.05, 4.69) is 182 Å². The molecular formula is C101H165BN7O17P3Si. The second-order valence-corrected chi connectivity index (χ2v) is 48.7. The van der Waals surface area contributed by atoms with E-state index in [1.807, 2.05) is 0 Å². The van der Waals surface area contributed by atoms with Crippen molar-refractivity contribution in [1.82, 2.24) is 18.9 Å². The van der Waals surface area contributed by atoms with Crippen LogP contribution in [0, 0.1) is 138 Å². The van der Waals surface area contributed by atoms with E-state index >= 15 is 0 Å². The van der Waals surface area contributed by atoms with Gasteiger partial charge in [0.05, 0.1) is 57.1 Å². The lowest BCUT2D eigenvalue weighted by Crippen LogP contribution is -2.50. The minimum absolute atomic E-state index is 0.00320. The quantitative estimate of drug-likeness (QED) is 0.00807. The molecule has 24 nitrogen and oxygen atoms in total. The summed E-state index contributed by atoms with van der Waals surface area (Å²) in [5.74, 6) is 24.8. The van der Waals surface area contributed by atoms with Gasteiger partial charge in [-0.05, 0) is 255 Å². The van der Waals surface area contributed by atoms with Crippen LogP contribution >= 0.6 is 25.6 Å². The van der Waals surface area contributed by atoms with Crippen LogP contribution in [-0.4, -0.2) is 211 Å². The van der Waals surface area contributed by atoms with Gasteiger partial charge in [0.1, 0.15) is 33.8 Å². The third-order valence-corrected chi connectivity index (χ3v) is 39.1. The molecule has 0 spiro atoms. The molecule has 2 heterocycles. The molecule has 0 aromatic heterocycles. The number of unbranched alkanes of at least 4 members (excludes halogenated alkanes) is 11. The van der Waals surface area contributed by atoms with Crippen molar-refractivity contribution in [3.63, 3.8) is 0 Å². The zero-order chi connectivity index (χ0) is 94.4. The van der Waals surface area contributed by atoms with Crippen molar-refractivity contribution in [2.75, 3.05) is 85.6 Å². The standard InChI is InChI=1S/C38H66BN2O7PSi.C36H54N3O6P.C27H45N2O4P/c1-28(2)41(29(3)4)49(44-24-22-40-9)48-35-25-37(39)47-36(35)27-46-50(30(5)6,31(7)8)45-23-18-14-10-11-17-21-38(42)43-26-34-32-19-15-12-13-16-20-33(32)34;1-23(2)39(24(3)4)46(44-20-18-37-6)45-34-25(5)28-21-29(34)33-32(28)35(41)38(36(33)42)19-14-10-9-13-17-31(40)43-22-30-26-15-11-7-8-12-16-27(26)30;1-22(2)29(23(3)4)34(33-20-18-28-5)32-19-14-10-6-7-13-17-27(30)31-21-26-24-15-11-8-9-12-16-25(24)26/h28-37H,10-11,14-27H2,1-8H3;23-30,32-34H,9-22H2,1-5H3;22-26H,6-7,10-21H2,1-4H3/t32-,33+,34?,35?,36-,37-,49?;25?,26-,27+,28?,29?,30?,32?,33?,34?,46?;24-,25+,26?,34?/m1../s1. The number of carbonyl (C=O) groups is 5. The third-order valence-electron chi connectivity index (χ3n) is 28.2. The predicted molar refractivity (Wildman–Crippen MR) is 518 cm³/mol. The van der Waals surface area contributed by atoms with Gasteiger partial charge in [0.25, 0.3) is 25.6 Å². The van der Waals surface area contributed by atoms with Crippen LogP contribution in [0.3, 0.4) is 0 Å². The summed E-state index contributed by atoms with van der Waals surface area (Å²) >= 11 is 0. The maximum absolute atomic E-state index is 13.7. The number of carbonyl (C=O) groups excluding carboxylic acids is 5. The zero-order valence-electron chi connectivity index (χ0n) is 82.6. The SMILES string of the molecule is [B][C@H]1CC(OP(OCC[N+]#[C-])N(C(C)C)C(C)C)[C@@H](CO[Si](OCCCCCCCC(=O)OCC2[C@H]3CCC#CCC[C@@H]23)(C(C)C)C(C)C)O1.[C-]#[N+]CCOP(OC1C(C)C2CC1C1C(=O)N(CCCCCCC(=O)OCC3[C@H]4CCC#CCC[C@@H]34)C(=O)C21)N(C(C)C)C(C)C.[C-]#[N+]CCOP(OCCCCCCCC(=O)OCC1[C@H]2CCC#CCC[C@@H]12)N(C(C)C)C(C)C. The van der Waals surface area contributed by atoms with Crippen molar-refractivity contribution in [3.05, 3.63) is 34.3 Å². The highest BCUT2D eigenvalue weighted by Gasteiger charge is 2.67. The maximum Gasteiger partial charge on any atom is 0.343 e. The molecule has 7 fully saturated rings. The lowest BCUT2D eigenvalue weighted by Gasteiger charge is -2.40. The molecule has 2 bridgehead atoms. The summed E-state index contributed by atoms with van der Waals surface area (Å²) in [4.78, 5) is 75.8. The van der Waals surface area contributed by atoms with E-state index in [-0.39, 0.29) is 119 Å². The Bertz CT molecular complexity index is 3670. The number of amides is 2. The number of ether oxygens (including phenoxy) is 4. The van der Waals surface area contributed by atoms with Crippen molar-refractivity contribution >= 4 is 71.7 Å². The number of likely N-dealkylation sites (tertiary alicyclic amines) is 1. The fourth-order valence-electron chi connectivity index (χ4n) is 21.6. The first-order valence-corrected chi connectivity index (χ1v) is 55.9. The van der Waals surface area contributed by atoms with E-state index in [0.29, 0.717) is 158 Å². The number of imide groups is 1. The molecule has 2 saturated heterocycles. The lowest BCUT2D eigenvalue weighted by atomic mass is 9.74. The van der Waals surface area contributed by atoms with E-state index in [4.69, 9.17) is 82.5 Å². The molecule has 728 valence electrons. The smallest absolute Gasteiger partial charge is 0.343 e. The summed E-state index contributed by atoms with van der Waals surface area (Å²) < 4.78 is 81.1. The molecule has 130 heavy (non-hydrogen) atoms. The molecule has 8 aliphatic carbocycles. The highest BCUT2D eigenvalue weighted by atomic mass is 31.2. The van der Waals surface area contributed by atoms with Crippen LogP contribution < -0.4 is 0 Å². The van der Waals surface area contributed by atoms with Gasteiger partial charge in [-0.15, -0.1) is 35.5 Å². The van der Waals surface area contributed by atoms with E-state index in [0.717, 1.165) is 172 Å². The predicted octanol–water partition coefficient (Wildman–Crippen LogP) is 21.6. The summed E-state index contributed by atoms with van der Waals surface area (Å²) in [6.07, 6.45) is 28.3.